The summed E-state index contributed by atoms with van der Waals surface area (Å²) in [6.07, 6.45) is 7.59. The summed E-state index contributed by atoms with van der Waals surface area (Å²) in [5.41, 5.74) is 1.68. The van der Waals surface area contributed by atoms with Gasteiger partial charge in [-0.1, -0.05) is 0 Å². The summed E-state index contributed by atoms with van der Waals surface area (Å²) < 4.78 is 31.7. The lowest BCUT2D eigenvalue weighted by atomic mass is 10.1. The van der Waals surface area contributed by atoms with E-state index in [-0.39, 0.29) is 16.9 Å². The number of rotatable bonds is 9. The van der Waals surface area contributed by atoms with Crippen molar-refractivity contribution in [1.29, 1.82) is 0 Å². The number of nitrogens with one attached hydrogen (secondary N) is 1. The van der Waals surface area contributed by atoms with Gasteiger partial charge in [0.1, 0.15) is 5.69 Å². The standard InChI is InChI=1S/C22H24N6O4S2/c1-3-32-19-12-23-11-17(25-19)14-4-7-16(24-10-14)20(29)27-22(8-9-22)18-13-33-21(26-18)28(2)34(30,31)15-5-6-15/h4,7,10-13,15H,3,5-6,8-9H2,1-2H3,(H,27,29). The fraction of sp³-hybridized carbons (Fsp3) is 0.409. The number of anilines is 1. The van der Waals surface area contributed by atoms with Crippen LogP contribution >= 0.6 is 11.3 Å². The monoisotopic (exact) mass is 500 g/mol. The van der Waals surface area contributed by atoms with Crippen molar-refractivity contribution >= 4 is 32.4 Å². The van der Waals surface area contributed by atoms with Gasteiger partial charge in [0.25, 0.3) is 5.91 Å². The van der Waals surface area contributed by atoms with Crippen LogP contribution in [-0.4, -0.2) is 53.2 Å². The molecule has 0 aromatic carbocycles. The maximum atomic E-state index is 12.9. The second kappa shape index (κ2) is 8.58. The summed E-state index contributed by atoms with van der Waals surface area (Å²) in [6.45, 7) is 2.36. The van der Waals surface area contributed by atoms with Gasteiger partial charge in [0.2, 0.25) is 15.9 Å². The zero-order valence-electron chi connectivity index (χ0n) is 18.8. The van der Waals surface area contributed by atoms with E-state index in [1.165, 1.54) is 22.7 Å². The van der Waals surface area contributed by atoms with Gasteiger partial charge in [-0.3, -0.25) is 14.8 Å². The van der Waals surface area contributed by atoms with Crippen LogP contribution in [0.5, 0.6) is 5.88 Å². The lowest BCUT2D eigenvalue weighted by Crippen LogP contribution is -2.36. The van der Waals surface area contributed by atoms with E-state index < -0.39 is 15.6 Å². The molecule has 34 heavy (non-hydrogen) atoms. The van der Waals surface area contributed by atoms with Crippen molar-refractivity contribution < 1.29 is 17.9 Å². The van der Waals surface area contributed by atoms with Gasteiger partial charge < -0.3 is 10.1 Å². The van der Waals surface area contributed by atoms with E-state index in [0.29, 0.717) is 41.8 Å². The minimum absolute atomic E-state index is 0.271. The highest BCUT2D eigenvalue weighted by molar-refractivity contribution is 7.93. The minimum atomic E-state index is -3.36. The molecule has 0 aliphatic heterocycles. The number of pyridine rings is 1. The van der Waals surface area contributed by atoms with Crippen LogP contribution in [0.3, 0.4) is 0 Å². The molecule has 3 heterocycles. The third-order valence-electron chi connectivity index (χ3n) is 5.88. The molecular weight excluding hydrogens is 476 g/mol. The summed E-state index contributed by atoms with van der Waals surface area (Å²) >= 11 is 1.27. The van der Waals surface area contributed by atoms with Crippen molar-refractivity contribution in [1.82, 2.24) is 25.3 Å². The third-order valence-corrected chi connectivity index (χ3v) is 9.16. The normalized spacial score (nSPS) is 16.6. The van der Waals surface area contributed by atoms with Crippen LogP contribution in [-0.2, 0) is 15.6 Å². The van der Waals surface area contributed by atoms with Crippen molar-refractivity contribution in [3.63, 3.8) is 0 Å². The first-order valence-electron chi connectivity index (χ1n) is 11.0. The Morgan fingerprint density at radius 1 is 1.24 bits per heavy atom. The number of nitrogens with zero attached hydrogens (tertiary/aromatic N) is 5. The van der Waals surface area contributed by atoms with E-state index in [1.54, 1.807) is 30.7 Å². The topological polar surface area (TPSA) is 127 Å². The second-order valence-corrected chi connectivity index (χ2v) is 11.5. The number of aromatic nitrogens is 4. The number of hydrogen-bond acceptors (Lipinski definition) is 9. The Balaban J connectivity index is 1.28. The summed E-state index contributed by atoms with van der Waals surface area (Å²) in [5, 5.41) is 4.97. The van der Waals surface area contributed by atoms with Gasteiger partial charge in [-0.25, -0.2) is 22.7 Å². The highest BCUT2D eigenvalue weighted by atomic mass is 32.2. The van der Waals surface area contributed by atoms with Gasteiger partial charge in [-0.05, 0) is 44.7 Å². The van der Waals surface area contributed by atoms with Crippen LogP contribution < -0.4 is 14.4 Å². The van der Waals surface area contributed by atoms with E-state index in [2.05, 4.69) is 25.3 Å². The zero-order valence-corrected chi connectivity index (χ0v) is 20.4. The molecule has 1 amide bonds. The van der Waals surface area contributed by atoms with Crippen molar-refractivity contribution in [2.75, 3.05) is 18.0 Å². The number of carbonyl (C=O) groups excluding carboxylic acids is 1. The Morgan fingerprint density at radius 2 is 2.03 bits per heavy atom. The highest BCUT2D eigenvalue weighted by Crippen LogP contribution is 2.47. The molecule has 5 rings (SSSR count). The molecule has 0 unspecified atom stereocenters. The molecule has 3 aromatic heterocycles. The van der Waals surface area contributed by atoms with Crippen LogP contribution in [0.2, 0.25) is 0 Å². The number of ether oxygens (including phenoxy) is 1. The molecule has 2 aliphatic carbocycles. The minimum Gasteiger partial charge on any atom is -0.477 e. The quantitative estimate of drug-likeness (QED) is 0.475. The number of hydrogen-bond donors (Lipinski definition) is 1. The Labute approximate surface area is 201 Å². The number of amides is 1. The summed E-state index contributed by atoms with van der Waals surface area (Å²) in [5.74, 6) is 0.113. The number of sulfonamides is 1. The Morgan fingerprint density at radius 3 is 2.68 bits per heavy atom. The molecule has 178 valence electrons. The SMILES string of the molecule is CCOc1cncc(-c2ccc(C(=O)NC3(c4csc(N(C)S(=O)(=O)C5CC5)n4)CC3)nc2)n1. The predicted molar refractivity (Wildman–Crippen MR) is 127 cm³/mol. The highest BCUT2D eigenvalue weighted by Gasteiger charge is 2.48. The van der Waals surface area contributed by atoms with Crippen LogP contribution in [0.15, 0.2) is 36.1 Å². The molecule has 0 spiro atoms. The van der Waals surface area contributed by atoms with Gasteiger partial charge in [0.05, 0.1) is 41.2 Å². The number of carbonyl (C=O) groups is 1. The molecule has 1 N–H and O–H groups in total. The molecule has 10 nitrogen and oxygen atoms in total. The van der Waals surface area contributed by atoms with Crippen LogP contribution in [0, 0.1) is 0 Å². The maximum Gasteiger partial charge on any atom is 0.270 e. The van der Waals surface area contributed by atoms with Gasteiger partial charge in [0, 0.05) is 24.2 Å². The average Bonchev–Trinajstić information content (AvgIpc) is 3.78. The largest absolute Gasteiger partial charge is 0.477 e. The summed E-state index contributed by atoms with van der Waals surface area (Å²) in [6, 6.07) is 3.40. The van der Waals surface area contributed by atoms with Gasteiger partial charge >= 0.3 is 0 Å². The molecule has 0 atom stereocenters. The van der Waals surface area contributed by atoms with Crippen LogP contribution in [0.1, 0.15) is 48.8 Å². The van der Waals surface area contributed by atoms with Crippen molar-refractivity contribution in [2.45, 2.75) is 43.4 Å². The second-order valence-electron chi connectivity index (χ2n) is 8.37. The van der Waals surface area contributed by atoms with Crippen molar-refractivity contribution in [3.8, 4) is 17.1 Å². The molecule has 2 aliphatic rings. The molecule has 2 saturated carbocycles. The lowest BCUT2D eigenvalue weighted by Gasteiger charge is -2.17. The first kappa shape index (κ1) is 22.7. The first-order valence-corrected chi connectivity index (χ1v) is 13.4. The summed E-state index contributed by atoms with van der Waals surface area (Å²) in [7, 11) is -1.83. The smallest absolute Gasteiger partial charge is 0.270 e. The van der Waals surface area contributed by atoms with Crippen molar-refractivity contribution in [2.24, 2.45) is 0 Å². The Hall–Kier alpha value is -3.12. The molecule has 0 bridgehead atoms. The number of thiazole rings is 1. The fourth-order valence-corrected chi connectivity index (χ4v) is 6.24. The Kier molecular flexibility index (Phi) is 5.72. The zero-order chi connectivity index (χ0) is 23.9. The average molecular weight is 501 g/mol. The van der Waals surface area contributed by atoms with Gasteiger partial charge in [-0.2, -0.15) is 0 Å². The molecule has 12 heteroatoms. The predicted octanol–water partition coefficient (Wildman–Crippen LogP) is 2.74. The maximum absolute atomic E-state index is 12.9. The van der Waals surface area contributed by atoms with Gasteiger partial charge in [0.15, 0.2) is 5.13 Å². The summed E-state index contributed by atoms with van der Waals surface area (Å²) in [4.78, 5) is 30.3. The lowest BCUT2D eigenvalue weighted by molar-refractivity contribution is 0.0925. The molecule has 0 saturated heterocycles. The molecule has 2 fully saturated rings. The Bertz CT molecular complexity index is 1320. The van der Waals surface area contributed by atoms with Crippen LogP contribution in [0.4, 0.5) is 5.13 Å². The van der Waals surface area contributed by atoms with E-state index in [9.17, 15) is 13.2 Å². The molecular formula is C22H24N6O4S2. The first-order chi connectivity index (χ1) is 16.3. The molecule has 0 radical (unpaired) electrons. The fourth-order valence-electron chi connectivity index (χ4n) is 3.56. The molecule has 3 aromatic rings. The van der Waals surface area contributed by atoms with Crippen molar-refractivity contribution in [3.05, 3.63) is 47.5 Å². The third kappa shape index (κ3) is 4.34. The van der Waals surface area contributed by atoms with E-state index in [4.69, 9.17) is 4.74 Å². The van der Waals surface area contributed by atoms with E-state index >= 15 is 0 Å². The van der Waals surface area contributed by atoms with Crippen LogP contribution in [0.25, 0.3) is 11.3 Å². The van der Waals surface area contributed by atoms with Gasteiger partial charge in [-0.15, -0.1) is 11.3 Å². The van der Waals surface area contributed by atoms with E-state index in [0.717, 1.165) is 18.4 Å². The van der Waals surface area contributed by atoms with E-state index in [1.807, 2.05) is 12.3 Å².